The molecule has 0 spiro atoms. The number of hydrogen-bond donors (Lipinski definition) is 3. The molecule has 0 aliphatic heterocycles. The van der Waals surface area contributed by atoms with Crippen LogP contribution in [0.25, 0.3) is 22.4 Å². The molecule has 34 heavy (non-hydrogen) atoms. The second-order valence-corrected chi connectivity index (χ2v) is 7.98. The number of nitrogens with zero attached hydrogens (tertiary/aromatic N) is 3. The minimum atomic E-state index is -1.20. The van der Waals surface area contributed by atoms with Crippen molar-refractivity contribution in [2.75, 3.05) is 5.32 Å². The predicted molar refractivity (Wildman–Crippen MR) is 122 cm³/mol. The summed E-state index contributed by atoms with van der Waals surface area (Å²) in [4.78, 5) is 27.8. The Kier molecular flexibility index (Phi) is 5.92. The van der Waals surface area contributed by atoms with Gasteiger partial charge in [0.1, 0.15) is 0 Å². The van der Waals surface area contributed by atoms with Gasteiger partial charge in [0.25, 0.3) is 5.91 Å². The Morgan fingerprint density at radius 2 is 1.79 bits per heavy atom. The SMILES string of the molecule is Cc1n[nH]c(C)c1-c1ccc(-c2cnc(C(=O)Nc3ccc(C(=O)O)c(Cl)c3)n2C)c(F)c1F. The lowest BCUT2D eigenvalue weighted by Crippen LogP contribution is -2.17. The Morgan fingerprint density at radius 1 is 1.12 bits per heavy atom. The molecule has 0 atom stereocenters. The minimum absolute atomic E-state index is 0.0495. The van der Waals surface area contributed by atoms with Crippen LogP contribution in [0.4, 0.5) is 14.5 Å². The molecule has 0 unspecified atom stereocenters. The second kappa shape index (κ2) is 8.71. The first-order chi connectivity index (χ1) is 16.1. The minimum Gasteiger partial charge on any atom is -0.478 e. The van der Waals surface area contributed by atoms with E-state index in [0.717, 1.165) is 0 Å². The molecule has 0 fully saturated rings. The summed E-state index contributed by atoms with van der Waals surface area (Å²) in [7, 11) is 1.49. The van der Waals surface area contributed by atoms with Gasteiger partial charge in [-0.05, 0) is 38.1 Å². The van der Waals surface area contributed by atoms with Crippen molar-refractivity contribution in [3.05, 3.63) is 76.0 Å². The van der Waals surface area contributed by atoms with Crippen molar-refractivity contribution in [2.45, 2.75) is 13.8 Å². The zero-order valence-corrected chi connectivity index (χ0v) is 19.0. The third-order valence-corrected chi connectivity index (χ3v) is 5.72. The van der Waals surface area contributed by atoms with Crippen molar-refractivity contribution in [3.63, 3.8) is 0 Å². The molecule has 11 heteroatoms. The van der Waals surface area contributed by atoms with Crippen LogP contribution in [0.5, 0.6) is 0 Å². The number of aromatic carboxylic acids is 1. The maximum absolute atomic E-state index is 15.1. The molecule has 0 aliphatic rings. The smallest absolute Gasteiger partial charge is 0.337 e. The summed E-state index contributed by atoms with van der Waals surface area (Å²) in [6.45, 7) is 3.41. The van der Waals surface area contributed by atoms with E-state index in [1.165, 1.54) is 48.1 Å². The fourth-order valence-corrected chi connectivity index (χ4v) is 3.97. The number of benzene rings is 2. The zero-order valence-electron chi connectivity index (χ0n) is 18.2. The van der Waals surface area contributed by atoms with Crippen LogP contribution >= 0.6 is 11.6 Å². The standard InChI is InChI=1S/C23H18ClF2N5O3/c1-10-18(11(2)30-29-10)15-7-6-14(19(25)20(15)26)17-9-27-21(31(17)3)22(32)28-12-4-5-13(23(33)34)16(24)8-12/h4-9H,1-3H3,(H,28,32)(H,29,30)(H,33,34). The van der Waals surface area contributed by atoms with Crippen molar-refractivity contribution >= 4 is 29.2 Å². The summed E-state index contributed by atoms with van der Waals surface area (Å²) in [5.41, 5.74) is 1.97. The maximum Gasteiger partial charge on any atom is 0.337 e. The summed E-state index contributed by atoms with van der Waals surface area (Å²) >= 11 is 5.93. The number of aryl methyl sites for hydroxylation is 2. The third kappa shape index (κ3) is 3.92. The van der Waals surface area contributed by atoms with E-state index >= 15 is 8.78 Å². The van der Waals surface area contributed by atoms with Crippen LogP contribution in [0.2, 0.25) is 5.02 Å². The first kappa shape index (κ1) is 23.1. The molecule has 0 aliphatic carbocycles. The molecule has 0 saturated carbocycles. The predicted octanol–water partition coefficient (Wildman–Crippen LogP) is 4.98. The van der Waals surface area contributed by atoms with Gasteiger partial charge in [0, 0.05) is 35.1 Å². The van der Waals surface area contributed by atoms with Gasteiger partial charge in [-0.1, -0.05) is 17.7 Å². The quantitative estimate of drug-likeness (QED) is 0.369. The summed E-state index contributed by atoms with van der Waals surface area (Å²) in [6.07, 6.45) is 1.27. The topological polar surface area (TPSA) is 113 Å². The number of anilines is 1. The highest BCUT2D eigenvalue weighted by atomic mass is 35.5. The number of carbonyl (C=O) groups is 2. The van der Waals surface area contributed by atoms with Gasteiger partial charge in [-0.15, -0.1) is 0 Å². The van der Waals surface area contributed by atoms with Gasteiger partial charge < -0.3 is 15.0 Å². The number of halogens is 3. The molecule has 8 nitrogen and oxygen atoms in total. The first-order valence-corrected chi connectivity index (χ1v) is 10.3. The number of nitrogens with one attached hydrogen (secondary N) is 2. The molecule has 0 saturated heterocycles. The first-order valence-electron chi connectivity index (χ1n) is 9.96. The number of hydrogen-bond acceptors (Lipinski definition) is 4. The maximum atomic E-state index is 15.1. The van der Waals surface area contributed by atoms with Crippen LogP contribution in [0.15, 0.2) is 36.5 Å². The number of aromatic nitrogens is 4. The monoisotopic (exact) mass is 485 g/mol. The van der Waals surface area contributed by atoms with Crippen molar-refractivity contribution in [1.82, 2.24) is 19.7 Å². The Balaban J connectivity index is 1.65. The van der Waals surface area contributed by atoms with Gasteiger partial charge in [0.05, 0.1) is 28.2 Å². The molecule has 0 bridgehead atoms. The Labute approximate surface area is 197 Å². The van der Waals surface area contributed by atoms with E-state index in [4.69, 9.17) is 16.7 Å². The molecule has 4 rings (SSSR count). The lowest BCUT2D eigenvalue weighted by atomic mass is 10.00. The fraction of sp³-hybridized carbons (Fsp3) is 0.130. The lowest BCUT2D eigenvalue weighted by Gasteiger charge is -2.11. The normalized spacial score (nSPS) is 11.0. The van der Waals surface area contributed by atoms with Crippen molar-refractivity contribution in [3.8, 4) is 22.4 Å². The number of carbonyl (C=O) groups excluding carboxylic acids is 1. The molecule has 2 aromatic heterocycles. The number of H-pyrrole nitrogens is 1. The lowest BCUT2D eigenvalue weighted by molar-refractivity contribution is 0.0697. The second-order valence-electron chi connectivity index (χ2n) is 7.58. The van der Waals surface area contributed by atoms with Crippen LogP contribution in [0.1, 0.15) is 32.4 Å². The van der Waals surface area contributed by atoms with Gasteiger partial charge in [-0.3, -0.25) is 9.89 Å². The zero-order chi connectivity index (χ0) is 24.7. The summed E-state index contributed by atoms with van der Waals surface area (Å²) in [5, 5.41) is 18.3. The highest BCUT2D eigenvalue weighted by Crippen LogP contribution is 2.34. The fourth-order valence-electron chi connectivity index (χ4n) is 3.71. The van der Waals surface area contributed by atoms with E-state index in [1.807, 2.05) is 0 Å². The van der Waals surface area contributed by atoms with E-state index < -0.39 is 23.5 Å². The van der Waals surface area contributed by atoms with Crippen LogP contribution in [-0.4, -0.2) is 36.7 Å². The van der Waals surface area contributed by atoms with Gasteiger partial charge in [-0.25, -0.2) is 18.6 Å². The average Bonchev–Trinajstić information content (AvgIpc) is 3.32. The highest BCUT2D eigenvalue weighted by molar-refractivity contribution is 6.33. The number of carboxylic acids is 1. The van der Waals surface area contributed by atoms with Crippen molar-refractivity contribution < 1.29 is 23.5 Å². The summed E-state index contributed by atoms with van der Waals surface area (Å²) in [6, 6.07) is 6.80. The summed E-state index contributed by atoms with van der Waals surface area (Å²) in [5.74, 6) is -4.03. The molecular weight excluding hydrogens is 468 g/mol. The third-order valence-electron chi connectivity index (χ3n) is 5.40. The highest BCUT2D eigenvalue weighted by Gasteiger charge is 2.23. The number of imidazole rings is 1. The van der Waals surface area contributed by atoms with E-state index in [0.29, 0.717) is 17.0 Å². The molecule has 1 amide bonds. The number of carboxylic acid groups (broad SMARTS) is 1. The number of aromatic amines is 1. The van der Waals surface area contributed by atoms with E-state index in [1.54, 1.807) is 13.8 Å². The van der Waals surface area contributed by atoms with E-state index in [9.17, 15) is 9.59 Å². The number of amides is 1. The molecule has 2 aromatic carbocycles. The van der Waals surface area contributed by atoms with Crippen LogP contribution in [-0.2, 0) is 7.05 Å². The van der Waals surface area contributed by atoms with Crippen LogP contribution < -0.4 is 5.32 Å². The molecule has 3 N–H and O–H groups in total. The van der Waals surface area contributed by atoms with Crippen LogP contribution in [0, 0.1) is 25.5 Å². The molecule has 2 heterocycles. The van der Waals surface area contributed by atoms with Gasteiger partial charge in [0.2, 0.25) is 0 Å². The summed E-state index contributed by atoms with van der Waals surface area (Å²) < 4.78 is 31.4. The van der Waals surface area contributed by atoms with E-state index in [-0.39, 0.29) is 38.9 Å². The van der Waals surface area contributed by atoms with Gasteiger partial charge in [0.15, 0.2) is 17.5 Å². The molecular formula is C23H18ClF2N5O3. The van der Waals surface area contributed by atoms with Crippen molar-refractivity contribution in [2.24, 2.45) is 7.05 Å². The molecule has 174 valence electrons. The largest absolute Gasteiger partial charge is 0.478 e. The Hall–Kier alpha value is -4.05. The Morgan fingerprint density at radius 3 is 2.41 bits per heavy atom. The van der Waals surface area contributed by atoms with Gasteiger partial charge in [-0.2, -0.15) is 5.10 Å². The average molecular weight is 486 g/mol. The van der Waals surface area contributed by atoms with Crippen LogP contribution in [0.3, 0.4) is 0 Å². The molecule has 4 aromatic rings. The molecule has 0 radical (unpaired) electrons. The number of rotatable bonds is 5. The Bertz CT molecular complexity index is 1440. The van der Waals surface area contributed by atoms with Crippen molar-refractivity contribution in [1.29, 1.82) is 0 Å². The van der Waals surface area contributed by atoms with E-state index in [2.05, 4.69) is 20.5 Å². The van der Waals surface area contributed by atoms with Gasteiger partial charge >= 0.3 is 5.97 Å².